The first-order valence-corrected chi connectivity index (χ1v) is 24.1. The summed E-state index contributed by atoms with van der Waals surface area (Å²) in [6.07, 6.45) is 37.3. The minimum absolute atomic E-state index is 0.0273. The van der Waals surface area contributed by atoms with Gasteiger partial charge in [0.25, 0.3) is 0 Å². The highest BCUT2D eigenvalue weighted by Gasteiger charge is 2.16. The van der Waals surface area contributed by atoms with Crippen molar-refractivity contribution in [3.63, 3.8) is 0 Å². The zero-order valence-corrected chi connectivity index (χ0v) is 38.0. The van der Waals surface area contributed by atoms with Gasteiger partial charge in [-0.2, -0.15) is 0 Å². The van der Waals surface area contributed by atoms with E-state index in [1.807, 2.05) is 6.92 Å². The number of esters is 2. The number of unbranched alkanes of at least 4 members (excludes halogenated alkanes) is 23. The van der Waals surface area contributed by atoms with Gasteiger partial charge in [-0.15, -0.1) is 0 Å². The lowest BCUT2D eigenvalue weighted by Gasteiger charge is -2.24. The summed E-state index contributed by atoms with van der Waals surface area (Å²) in [7, 11) is 4.29. The Morgan fingerprint density at radius 1 is 0.491 bits per heavy atom. The lowest BCUT2D eigenvalue weighted by atomic mass is 10.0. The molecule has 1 atom stereocenters. The molecule has 0 spiro atoms. The van der Waals surface area contributed by atoms with E-state index in [1.54, 1.807) is 0 Å². The van der Waals surface area contributed by atoms with E-state index < -0.39 is 0 Å². The molecular formula is C48H96N2O5. The van der Waals surface area contributed by atoms with Crippen molar-refractivity contribution in [1.29, 1.82) is 0 Å². The third-order valence-electron chi connectivity index (χ3n) is 11.1. The van der Waals surface area contributed by atoms with E-state index in [0.29, 0.717) is 19.6 Å². The molecule has 0 saturated carbocycles. The van der Waals surface area contributed by atoms with Crippen LogP contribution in [0.5, 0.6) is 0 Å². The fraction of sp³-hybridized carbons (Fsp3) is 0.958. The number of carbonyl (C=O) groups excluding carboxylic acids is 2. The van der Waals surface area contributed by atoms with Crippen molar-refractivity contribution in [2.75, 3.05) is 60.1 Å². The molecule has 0 aromatic rings. The van der Waals surface area contributed by atoms with Gasteiger partial charge >= 0.3 is 11.9 Å². The maximum atomic E-state index is 12.8. The van der Waals surface area contributed by atoms with Gasteiger partial charge in [0.1, 0.15) is 6.10 Å². The number of likely N-dealkylation sites (N-methyl/N-ethyl adjacent to an activating group) is 1. The van der Waals surface area contributed by atoms with Gasteiger partial charge < -0.3 is 24.0 Å². The monoisotopic (exact) mass is 781 g/mol. The molecule has 0 radical (unpaired) electrons. The zero-order valence-electron chi connectivity index (χ0n) is 38.0. The largest absolute Gasteiger partial charge is 0.465 e. The molecule has 0 aliphatic rings. The Kier molecular flexibility index (Phi) is 41.5. The van der Waals surface area contributed by atoms with Gasteiger partial charge in [0.15, 0.2) is 0 Å². The standard InChI is InChI=1S/C48H96N2O5/c1-7-10-13-16-19-20-26-33-42-53-44-45(4)48(52)54-43-34-27-32-39-50(41-40-49(5)6)38-31-25-21-24-30-37-47(51)55-46(35-28-22-17-14-11-8-2)36-29-23-18-15-12-9-3/h45-46H,7-44H2,1-6H3. The number of ether oxygens (including phenoxy) is 3. The van der Waals surface area contributed by atoms with Crippen molar-refractivity contribution < 1.29 is 23.8 Å². The van der Waals surface area contributed by atoms with E-state index in [9.17, 15) is 9.59 Å². The third-order valence-corrected chi connectivity index (χ3v) is 11.1. The van der Waals surface area contributed by atoms with Gasteiger partial charge in [0, 0.05) is 26.1 Å². The molecule has 0 aliphatic carbocycles. The summed E-state index contributed by atoms with van der Waals surface area (Å²) in [5.41, 5.74) is 0. The number of nitrogens with zero attached hydrogens (tertiary/aromatic N) is 2. The summed E-state index contributed by atoms with van der Waals surface area (Å²) in [5.74, 6) is -0.299. The molecule has 328 valence electrons. The minimum atomic E-state index is -0.198. The SMILES string of the molecule is CCCCCCCCCCOCC(C)C(=O)OCCCCCN(CCCCCCCC(=O)OC(CCCCCCCC)CCCCCCCC)CCN(C)C. The molecule has 55 heavy (non-hydrogen) atoms. The Morgan fingerprint density at radius 2 is 0.927 bits per heavy atom. The van der Waals surface area contributed by atoms with Crippen molar-refractivity contribution in [2.24, 2.45) is 5.92 Å². The van der Waals surface area contributed by atoms with Crippen LogP contribution < -0.4 is 0 Å². The Bertz CT molecular complexity index is 793. The first-order chi connectivity index (χ1) is 26.8. The maximum Gasteiger partial charge on any atom is 0.310 e. The van der Waals surface area contributed by atoms with Crippen LogP contribution in [0.15, 0.2) is 0 Å². The molecule has 0 bridgehead atoms. The van der Waals surface area contributed by atoms with Crippen LogP contribution in [0.2, 0.25) is 0 Å². The van der Waals surface area contributed by atoms with Crippen LogP contribution in [0.25, 0.3) is 0 Å². The fourth-order valence-electron chi connectivity index (χ4n) is 7.22. The summed E-state index contributed by atoms with van der Waals surface area (Å²) >= 11 is 0. The van der Waals surface area contributed by atoms with E-state index in [4.69, 9.17) is 14.2 Å². The third kappa shape index (κ3) is 39.4. The second-order valence-corrected chi connectivity index (χ2v) is 17.1. The molecule has 0 amide bonds. The summed E-state index contributed by atoms with van der Waals surface area (Å²) in [5, 5.41) is 0. The molecule has 0 N–H and O–H groups in total. The topological polar surface area (TPSA) is 68.3 Å². The maximum absolute atomic E-state index is 12.8. The van der Waals surface area contributed by atoms with Crippen LogP contribution in [0.1, 0.15) is 227 Å². The van der Waals surface area contributed by atoms with Gasteiger partial charge in [0.2, 0.25) is 0 Å². The molecule has 0 aliphatic heterocycles. The van der Waals surface area contributed by atoms with E-state index in [0.717, 1.165) is 84.2 Å². The second kappa shape index (κ2) is 42.4. The quantitative estimate of drug-likeness (QED) is 0.0450. The predicted molar refractivity (Wildman–Crippen MR) is 236 cm³/mol. The van der Waals surface area contributed by atoms with Crippen LogP contribution in [0.4, 0.5) is 0 Å². The van der Waals surface area contributed by atoms with Crippen LogP contribution in [-0.2, 0) is 23.8 Å². The second-order valence-electron chi connectivity index (χ2n) is 17.1. The Balaban J connectivity index is 4.16. The molecule has 0 aromatic carbocycles. The van der Waals surface area contributed by atoms with Crippen LogP contribution in [-0.4, -0.2) is 87.9 Å². The first-order valence-electron chi connectivity index (χ1n) is 24.1. The Hall–Kier alpha value is -1.18. The van der Waals surface area contributed by atoms with Gasteiger partial charge in [-0.3, -0.25) is 9.59 Å². The first kappa shape index (κ1) is 53.8. The molecule has 1 unspecified atom stereocenters. The average Bonchev–Trinajstić information content (AvgIpc) is 3.17. The van der Waals surface area contributed by atoms with Crippen molar-refractivity contribution in [1.82, 2.24) is 9.80 Å². The molecule has 7 heteroatoms. The van der Waals surface area contributed by atoms with Crippen molar-refractivity contribution in [3.05, 3.63) is 0 Å². The van der Waals surface area contributed by atoms with Crippen molar-refractivity contribution >= 4 is 11.9 Å². The van der Waals surface area contributed by atoms with Gasteiger partial charge in [-0.1, -0.05) is 149 Å². The highest BCUT2D eigenvalue weighted by Crippen LogP contribution is 2.18. The number of hydrogen-bond donors (Lipinski definition) is 0. The normalized spacial score (nSPS) is 12.3. The summed E-state index contributed by atoms with van der Waals surface area (Å²) < 4.78 is 17.4. The van der Waals surface area contributed by atoms with Crippen LogP contribution >= 0.6 is 0 Å². The molecule has 0 heterocycles. The molecule has 0 aromatic heterocycles. The number of carbonyl (C=O) groups is 2. The Morgan fingerprint density at radius 3 is 1.45 bits per heavy atom. The minimum Gasteiger partial charge on any atom is -0.465 e. The molecule has 0 fully saturated rings. The lowest BCUT2D eigenvalue weighted by Crippen LogP contribution is -2.33. The molecule has 0 rings (SSSR count). The number of rotatable bonds is 44. The average molecular weight is 781 g/mol. The summed E-state index contributed by atoms with van der Waals surface area (Å²) in [6, 6.07) is 0. The van der Waals surface area contributed by atoms with Crippen molar-refractivity contribution in [3.8, 4) is 0 Å². The van der Waals surface area contributed by atoms with E-state index in [-0.39, 0.29) is 24.0 Å². The van der Waals surface area contributed by atoms with E-state index in [2.05, 4.69) is 44.7 Å². The van der Waals surface area contributed by atoms with Crippen LogP contribution in [0, 0.1) is 5.92 Å². The van der Waals surface area contributed by atoms with Gasteiger partial charge in [0.05, 0.1) is 19.1 Å². The lowest BCUT2D eigenvalue weighted by molar-refractivity contribution is -0.151. The predicted octanol–water partition coefficient (Wildman–Crippen LogP) is 13.1. The van der Waals surface area contributed by atoms with Crippen LogP contribution in [0.3, 0.4) is 0 Å². The summed E-state index contributed by atoms with van der Waals surface area (Å²) in [6.45, 7) is 14.8. The highest BCUT2D eigenvalue weighted by molar-refractivity contribution is 5.72. The van der Waals surface area contributed by atoms with Crippen molar-refractivity contribution in [2.45, 2.75) is 233 Å². The molecule has 7 nitrogen and oxygen atoms in total. The number of hydrogen-bond acceptors (Lipinski definition) is 7. The zero-order chi connectivity index (χ0) is 40.5. The fourth-order valence-corrected chi connectivity index (χ4v) is 7.22. The van der Waals surface area contributed by atoms with Gasteiger partial charge in [-0.05, 0) is 98.3 Å². The smallest absolute Gasteiger partial charge is 0.310 e. The Labute approximate surface area is 343 Å². The summed E-state index contributed by atoms with van der Waals surface area (Å²) in [4.78, 5) is 30.0. The van der Waals surface area contributed by atoms with E-state index in [1.165, 1.54) is 141 Å². The molecule has 0 saturated heterocycles. The van der Waals surface area contributed by atoms with E-state index >= 15 is 0 Å². The van der Waals surface area contributed by atoms with Gasteiger partial charge in [-0.25, -0.2) is 0 Å². The molecular weight excluding hydrogens is 685 g/mol. The highest BCUT2D eigenvalue weighted by atomic mass is 16.5.